The number of carbonyl (C=O) groups is 1. The summed E-state index contributed by atoms with van der Waals surface area (Å²) in [6, 6.07) is 8.17. The van der Waals surface area contributed by atoms with E-state index in [1.807, 2.05) is 12.1 Å². The highest BCUT2D eigenvalue weighted by Gasteiger charge is 2.51. The molecule has 1 heterocycles. The van der Waals surface area contributed by atoms with Gasteiger partial charge in [0.1, 0.15) is 0 Å². The molecule has 2 aliphatic rings. The van der Waals surface area contributed by atoms with Gasteiger partial charge in [-0.05, 0) is 68.8 Å². The molecule has 1 aliphatic carbocycles. The molecule has 4 heteroatoms. The van der Waals surface area contributed by atoms with E-state index in [4.69, 9.17) is 0 Å². The van der Waals surface area contributed by atoms with Crippen LogP contribution >= 0.6 is 15.9 Å². The van der Waals surface area contributed by atoms with Gasteiger partial charge < -0.3 is 10.6 Å². The lowest BCUT2D eigenvalue weighted by Gasteiger charge is -2.23. The van der Waals surface area contributed by atoms with Crippen molar-refractivity contribution in [3.8, 4) is 0 Å². The lowest BCUT2D eigenvalue weighted by molar-refractivity contribution is -0.123. The molecule has 0 radical (unpaired) electrons. The summed E-state index contributed by atoms with van der Waals surface area (Å²) in [7, 11) is 0. The molecule has 21 heavy (non-hydrogen) atoms. The highest BCUT2D eigenvalue weighted by molar-refractivity contribution is 9.10. The highest BCUT2D eigenvalue weighted by Crippen LogP contribution is 2.48. The molecule has 1 saturated heterocycles. The Labute approximate surface area is 135 Å². The first-order valence-corrected chi connectivity index (χ1v) is 8.75. The van der Waals surface area contributed by atoms with Crippen LogP contribution in [0.3, 0.4) is 0 Å². The molecule has 1 unspecified atom stereocenters. The molecule has 114 valence electrons. The third kappa shape index (κ3) is 3.49. The maximum Gasteiger partial charge on any atom is 0.230 e. The van der Waals surface area contributed by atoms with Crippen LogP contribution in [0.15, 0.2) is 28.7 Å². The van der Waals surface area contributed by atoms with Gasteiger partial charge in [-0.2, -0.15) is 0 Å². The van der Waals surface area contributed by atoms with Gasteiger partial charge in [-0.25, -0.2) is 0 Å². The fourth-order valence-corrected chi connectivity index (χ4v) is 3.69. The number of nitrogens with one attached hydrogen (secondary N) is 2. The van der Waals surface area contributed by atoms with Crippen LogP contribution in [0.1, 0.15) is 37.7 Å². The second-order valence-corrected chi connectivity index (χ2v) is 7.27. The molecule has 0 bridgehead atoms. The van der Waals surface area contributed by atoms with Crippen molar-refractivity contribution in [3.63, 3.8) is 0 Å². The van der Waals surface area contributed by atoms with Crippen LogP contribution in [-0.4, -0.2) is 25.5 Å². The second kappa shape index (κ2) is 6.49. The Kier molecular flexibility index (Phi) is 4.65. The SMILES string of the molecule is O=C(NCCC1CCCNC1)C1(c2cccc(Br)c2)CC1. The first kappa shape index (κ1) is 15.0. The summed E-state index contributed by atoms with van der Waals surface area (Å²) in [4.78, 5) is 12.5. The van der Waals surface area contributed by atoms with Crippen molar-refractivity contribution in [2.24, 2.45) is 5.92 Å². The van der Waals surface area contributed by atoms with Gasteiger partial charge >= 0.3 is 0 Å². The molecular weight excluding hydrogens is 328 g/mol. The molecule has 1 saturated carbocycles. The molecule has 1 aromatic carbocycles. The van der Waals surface area contributed by atoms with Gasteiger partial charge in [0.25, 0.3) is 0 Å². The summed E-state index contributed by atoms with van der Waals surface area (Å²) >= 11 is 3.50. The van der Waals surface area contributed by atoms with Gasteiger partial charge in [-0.3, -0.25) is 4.79 Å². The minimum Gasteiger partial charge on any atom is -0.355 e. The van der Waals surface area contributed by atoms with Crippen molar-refractivity contribution < 1.29 is 4.79 Å². The highest BCUT2D eigenvalue weighted by atomic mass is 79.9. The number of hydrogen-bond acceptors (Lipinski definition) is 2. The molecule has 0 spiro atoms. The smallest absolute Gasteiger partial charge is 0.230 e. The molecule has 1 atom stereocenters. The van der Waals surface area contributed by atoms with E-state index in [9.17, 15) is 4.79 Å². The molecule has 3 rings (SSSR count). The molecule has 0 aromatic heterocycles. The summed E-state index contributed by atoms with van der Waals surface area (Å²) in [5.74, 6) is 0.935. The molecule has 2 fully saturated rings. The Morgan fingerprint density at radius 2 is 2.29 bits per heavy atom. The van der Waals surface area contributed by atoms with E-state index in [-0.39, 0.29) is 11.3 Å². The van der Waals surface area contributed by atoms with E-state index in [0.29, 0.717) is 0 Å². The fraction of sp³-hybridized carbons (Fsp3) is 0.588. The van der Waals surface area contributed by atoms with E-state index >= 15 is 0 Å². The summed E-state index contributed by atoms with van der Waals surface area (Å²) < 4.78 is 1.05. The summed E-state index contributed by atoms with van der Waals surface area (Å²) in [6.45, 7) is 3.06. The standard InChI is InChI=1S/C17H23BrN2O/c18-15-5-1-4-14(11-15)17(7-8-17)16(21)20-10-6-13-3-2-9-19-12-13/h1,4-5,11,13,19H,2-3,6-10,12H2,(H,20,21). The van der Waals surface area contributed by atoms with E-state index in [2.05, 4.69) is 38.7 Å². The normalized spacial score (nSPS) is 23.6. The molecule has 1 aromatic rings. The second-order valence-electron chi connectivity index (χ2n) is 6.35. The Morgan fingerprint density at radius 3 is 2.95 bits per heavy atom. The van der Waals surface area contributed by atoms with E-state index in [1.54, 1.807) is 0 Å². The van der Waals surface area contributed by atoms with Crippen LogP contribution < -0.4 is 10.6 Å². The van der Waals surface area contributed by atoms with Crippen molar-refractivity contribution in [3.05, 3.63) is 34.3 Å². The van der Waals surface area contributed by atoms with Crippen LogP contribution in [0.25, 0.3) is 0 Å². The minimum absolute atomic E-state index is 0.212. The van der Waals surface area contributed by atoms with Gasteiger partial charge in [0.2, 0.25) is 5.91 Å². The molecular formula is C17H23BrN2O. The average molecular weight is 351 g/mol. The number of amides is 1. The topological polar surface area (TPSA) is 41.1 Å². The van der Waals surface area contributed by atoms with Crippen LogP contribution in [0, 0.1) is 5.92 Å². The Balaban J connectivity index is 1.53. The van der Waals surface area contributed by atoms with Crippen molar-refractivity contribution in [2.45, 2.75) is 37.5 Å². The third-order valence-electron chi connectivity index (χ3n) is 4.80. The van der Waals surface area contributed by atoms with Gasteiger partial charge in [0.05, 0.1) is 5.41 Å². The molecule has 3 nitrogen and oxygen atoms in total. The summed E-state index contributed by atoms with van der Waals surface area (Å²) in [6.07, 6.45) is 5.59. The Hall–Kier alpha value is -0.870. The van der Waals surface area contributed by atoms with Crippen molar-refractivity contribution in [1.82, 2.24) is 10.6 Å². The Bertz CT molecular complexity index is 507. The van der Waals surface area contributed by atoms with E-state index in [1.165, 1.54) is 12.8 Å². The fourth-order valence-electron chi connectivity index (χ4n) is 3.29. The zero-order chi connectivity index (χ0) is 14.7. The maximum absolute atomic E-state index is 12.5. The van der Waals surface area contributed by atoms with Crippen LogP contribution in [-0.2, 0) is 10.2 Å². The lowest BCUT2D eigenvalue weighted by Crippen LogP contribution is -2.37. The van der Waals surface area contributed by atoms with Gasteiger partial charge in [0.15, 0.2) is 0 Å². The lowest BCUT2D eigenvalue weighted by atomic mass is 9.94. The number of piperidine rings is 1. The largest absolute Gasteiger partial charge is 0.355 e. The minimum atomic E-state index is -0.255. The van der Waals surface area contributed by atoms with Crippen LogP contribution in [0.2, 0.25) is 0 Å². The first-order chi connectivity index (χ1) is 10.2. The zero-order valence-electron chi connectivity index (χ0n) is 12.3. The number of halogens is 1. The average Bonchev–Trinajstić information content (AvgIpc) is 3.30. The number of hydrogen-bond donors (Lipinski definition) is 2. The third-order valence-corrected chi connectivity index (χ3v) is 5.29. The predicted octanol–water partition coefficient (Wildman–Crippen LogP) is 2.99. The van der Waals surface area contributed by atoms with Crippen LogP contribution in [0.5, 0.6) is 0 Å². The predicted molar refractivity (Wildman–Crippen MR) is 88.3 cm³/mol. The van der Waals surface area contributed by atoms with Crippen molar-refractivity contribution >= 4 is 21.8 Å². The van der Waals surface area contributed by atoms with Crippen molar-refractivity contribution in [2.75, 3.05) is 19.6 Å². The Morgan fingerprint density at radius 1 is 1.43 bits per heavy atom. The van der Waals surface area contributed by atoms with Gasteiger partial charge in [0, 0.05) is 11.0 Å². The number of carbonyl (C=O) groups excluding carboxylic acids is 1. The summed E-state index contributed by atoms with van der Waals surface area (Å²) in [5, 5.41) is 6.60. The van der Waals surface area contributed by atoms with Crippen molar-refractivity contribution in [1.29, 1.82) is 0 Å². The van der Waals surface area contributed by atoms with E-state index in [0.717, 1.165) is 54.9 Å². The monoisotopic (exact) mass is 350 g/mol. The number of benzene rings is 1. The quantitative estimate of drug-likeness (QED) is 0.856. The molecule has 1 amide bonds. The summed E-state index contributed by atoms with van der Waals surface area (Å²) in [5.41, 5.74) is 0.892. The first-order valence-electron chi connectivity index (χ1n) is 7.96. The maximum atomic E-state index is 12.5. The zero-order valence-corrected chi connectivity index (χ0v) is 13.9. The van der Waals surface area contributed by atoms with Gasteiger partial charge in [-0.15, -0.1) is 0 Å². The molecule has 1 aliphatic heterocycles. The van der Waals surface area contributed by atoms with Gasteiger partial charge in [-0.1, -0.05) is 28.1 Å². The molecule has 2 N–H and O–H groups in total. The van der Waals surface area contributed by atoms with E-state index < -0.39 is 0 Å². The van der Waals surface area contributed by atoms with Crippen LogP contribution in [0.4, 0.5) is 0 Å². The number of rotatable bonds is 5.